The number of alkyl halides is 1. The van der Waals surface area contributed by atoms with Gasteiger partial charge in [0.25, 0.3) is 0 Å². The highest BCUT2D eigenvalue weighted by molar-refractivity contribution is 9.09. The van der Waals surface area contributed by atoms with Crippen LogP contribution in [0.2, 0.25) is 0 Å². The smallest absolute Gasteiger partial charge is 0.235 e. The number of benzene rings is 1. The van der Waals surface area contributed by atoms with Crippen LogP contribution in [0.3, 0.4) is 0 Å². The van der Waals surface area contributed by atoms with Crippen molar-refractivity contribution in [3.63, 3.8) is 0 Å². The molecule has 0 aliphatic carbocycles. The van der Waals surface area contributed by atoms with Gasteiger partial charge in [0.15, 0.2) is 0 Å². The second kappa shape index (κ2) is 5.27. The highest BCUT2D eigenvalue weighted by Crippen LogP contribution is 2.32. The SMILES string of the molecule is O=C(CBr)Nc1sccc1-c1ccccc1. The third kappa shape index (κ3) is 2.51. The maximum atomic E-state index is 11.3. The summed E-state index contributed by atoms with van der Waals surface area (Å²) in [7, 11) is 0. The van der Waals surface area contributed by atoms with Crippen LogP contribution in [-0.2, 0) is 4.79 Å². The summed E-state index contributed by atoms with van der Waals surface area (Å²) in [6, 6.07) is 12.0. The molecular weight excluding hydrogens is 286 g/mol. The Morgan fingerprint density at radius 1 is 1.25 bits per heavy atom. The summed E-state index contributed by atoms with van der Waals surface area (Å²) in [5.74, 6) is -0.0281. The minimum Gasteiger partial charge on any atom is -0.316 e. The predicted molar refractivity (Wildman–Crippen MR) is 72.2 cm³/mol. The Balaban J connectivity index is 2.29. The van der Waals surface area contributed by atoms with Crippen molar-refractivity contribution in [1.82, 2.24) is 0 Å². The summed E-state index contributed by atoms with van der Waals surface area (Å²) >= 11 is 4.67. The minimum absolute atomic E-state index is 0.0281. The molecule has 0 fully saturated rings. The number of anilines is 1. The van der Waals surface area contributed by atoms with Gasteiger partial charge in [0, 0.05) is 5.56 Å². The molecule has 1 heterocycles. The number of amides is 1. The van der Waals surface area contributed by atoms with E-state index in [1.807, 2.05) is 41.8 Å². The first-order valence-electron chi connectivity index (χ1n) is 4.80. The molecule has 0 saturated carbocycles. The Morgan fingerprint density at radius 2 is 2.00 bits per heavy atom. The molecule has 1 amide bonds. The van der Waals surface area contributed by atoms with E-state index < -0.39 is 0 Å². The lowest BCUT2D eigenvalue weighted by Crippen LogP contribution is -2.11. The van der Waals surface area contributed by atoms with Crippen LogP contribution in [0.25, 0.3) is 11.1 Å². The molecule has 2 aromatic rings. The third-order valence-electron chi connectivity index (χ3n) is 2.12. The summed E-state index contributed by atoms with van der Waals surface area (Å²) in [5.41, 5.74) is 2.19. The monoisotopic (exact) mass is 295 g/mol. The molecule has 0 spiro atoms. The van der Waals surface area contributed by atoms with Crippen LogP contribution in [0, 0.1) is 0 Å². The first-order chi connectivity index (χ1) is 7.81. The summed E-state index contributed by atoms with van der Waals surface area (Å²) in [5, 5.41) is 6.07. The average Bonchev–Trinajstić information content (AvgIpc) is 2.78. The normalized spacial score (nSPS) is 10.1. The van der Waals surface area contributed by atoms with Gasteiger partial charge in [0.05, 0.1) is 5.33 Å². The van der Waals surface area contributed by atoms with Crippen molar-refractivity contribution in [1.29, 1.82) is 0 Å². The number of nitrogens with one attached hydrogen (secondary N) is 1. The highest BCUT2D eigenvalue weighted by Gasteiger charge is 2.08. The number of rotatable bonds is 3. The molecule has 0 saturated heterocycles. The largest absolute Gasteiger partial charge is 0.316 e. The van der Waals surface area contributed by atoms with Gasteiger partial charge >= 0.3 is 0 Å². The van der Waals surface area contributed by atoms with Crippen LogP contribution in [-0.4, -0.2) is 11.2 Å². The van der Waals surface area contributed by atoms with Crippen LogP contribution in [0.15, 0.2) is 41.8 Å². The van der Waals surface area contributed by atoms with Gasteiger partial charge in [-0.1, -0.05) is 46.3 Å². The number of carbonyl (C=O) groups excluding carboxylic acids is 1. The Hall–Kier alpha value is -1.13. The van der Waals surface area contributed by atoms with E-state index in [1.54, 1.807) is 0 Å². The molecule has 2 rings (SSSR count). The summed E-state index contributed by atoms with van der Waals surface area (Å²) in [6.07, 6.45) is 0. The first-order valence-corrected chi connectivity index (χ1v) is 6.80. The van der Waals surface area contributed by atoms with E-state index in [1.165, 1.54) is 11.3 Å². The fourth-order valence-electron chi connectivity index (χ4n) is 1.41. The van der Waals surface area contributed by atoms with Crippen LogP contribution in [0.1, 0.15) is 0 Å². The lowest BCUT2D eigenvalue weighted by molar-refractivity contribution is -0.113. The van der Waals surface area contributed by atoms with Crippen LogP contribution in [0.4, 0.5) is 5.00 Å². The predicted octanol–water partition coefficient (Wildman–Crippen LogP) is 3.75. The van der Waals surface area contributed by atoms with Crippen molar-refractivity contribution < 1.29 is 4.79 Å². The van der Waals surface area contributed by atoms with E-state index >= 15 is 0 Å². The molecule has 1 aromatic heterocycles. The van der Waals surface area contributed by atoms with Gasteiger partial charge in [0.2, 0.25) is 5.91 Å². The Kier molecular flexibility index (Phi) is 3.74. The van der Waals surface area contributed by atoms with Gasteiger partial charge in [0.1, 0.15) is 5.00 Å². The molecule has 0 bridgehead atoms. The van der Waals surface area contributed by atoms with Crippen molar-refractivity contribution in [2.75, 3.05) is 10.6 Å². The summed E-state index contributed by atoms with van der Waals surface area (Å²) in [6.45, 7) is 0. The molecule has 0 radical (unpaired) electrons. The van der Waals surface area contributed by atoms with Gasteiger partial charge in [-0.15, -0.1) is 11.3 Å². The van der Waals surface area contributed by atoms with Crippen molar-refractivity contribution in [2.24, 2.45) is 0 Å². The number of halogens is 1. The van der Waals surface area contributed by atoms with Crippen LogP contribution < -0.4 is 5.32 Å². The van der Waals surface area contributed by atoms with E-state index in [9.17, 15) is 4.79 Å². The number of hydrogen-bond acceptors (Lipinski definition) is 2. The number of thiophene rings is 1. The Labute approximate surface area is 106 Å². The van der Waals surface area contributed by atoms with Crippen molar-refractivity contribution in [3.8, 4) is 11.1 Å². The van der Waals surface area contributed by atoms with Crippen molar-refractivity contribution >= 4 is 38.2 Å². The molecule has 1 aromatic carbocycles. The van der Waals surface area contributed by atoms with Crippen molar-refractivity contribution in [3.05, 3.63) is 41.8 Å². The third-order valence-corrected chi connectivity index (χ3v) is 3.46. The molecular formula is C12H10BrNOS. The molecule has 82 valence electrons. The molecule has 2 nitrogen and oxygen atoms in total. The molecule has 0 aliphatic heterocycles. The molecule has 0 unspecified atom stereocenters. The topological polar surface area (TPSA) is 29.1 Å². The lowest BCUT2D eigenvalue weighted by Gasteiger charge is -2.04. The van der Waals surface area contributed by atoms with Gasteiger partial charge in [-0.25, -0.2) is 0 Å². The van der Waals surface area contributed by atoms with Gasteiger partial charge in [-0.2, -0.15) is 0 Å². The summed E-state index contributed by atoms with van der Waals surface area (Å²) < 4.78 is 0. The van der Waals surface area contributed by atoms with E-state index in [0.717, 1.165) is 16.1 Å². The maximum Gasteiger partial charge on any atom is 0.235 e. The average molecular weight is 296 g/mol. The molecule has 4 heteroatoms. The quantitative estimate of drug-likeness (QED) is 0.859. The first kappa shape index (κ1) is 11.4. The Morgan fingerprint density at radius 3 is 2.69 bits per heavy atom. The van der Waals surface area contributed by atoms with E-state index in [0.29, 0.717) is 5.33 Å². The molecule has 0 aliphatic rings. The molecule has 0 atom stereocenters. The standard InChI is InChI=1S/C12H10BrNOS/c13-8-11(15)14-12-10(6-7-16-12)9-4-2-1-3-5-9/h1-7H,8H2,(H,14,15). The zero-order chi connectivity index (χ0) is 11.4. The van der Waals surface area contributed by atoms with Crippen LogP contribution >= 0.6 is 27.3 Å². The number of hydrogen-bond donors (Lipinski definition) is 1. The van der Waals surface area contributed by atoms with E-state index in [-0.39, 0.29) is 5.91 Å². The van der Waals surface area contributed by atoms with Crippen molar-refractivity contribution in [2.45, 2.75) is 0 Å². The Bertz CT molecular complexity index is 481. The van der Waals surface area contributed by atoms with E-state index in [4.69, 9.17) is 0 Å². The highest BCUT2D eigenvalue weighted by atomic mass is 79.9. The second-order valence-corrected chi connectivity index (χ2v) is 4.69. The van der Waals surface area contributed by atoms with Gasteiger partial charge in [-0.3, -0.25) is 4.79 Å². The molecule has 1 N–H and O–H groups in total. The zero-order valence-corrected chi connectivity index (χ0v) is 10.8. The van der Waals surface area contributed by atoms with Crippen LogP contribution in [0.5, 0.6) is 0 Å². The maximum absolute atomic E-state index is 11.3. The zero-order valence-electron chi connectivity index (χ0n) is 8.44. The summed E-state index contributed by atoms with van der Waals surface area (Å²) in [4.78, 5) is 11.3. The fraction of sp³-hybridized carbons (Fsp3) is 0.0833. The van der Waals surface area contributed by atoms with Gasteiger partial charge < -0.3 is 5.32 Å². The minimum atomic E-state index is -0.0281. The second-order valence-electron chi connectivity index (χ2n) is 3.21. The lowest BCUT2D eigenvalue weighted by atomic mass is 10.1. The fourth-order valence-corrected chi connectivity index (χ4v) is 2.38. The van der Waals surface area contributed by atoms with Gasteiger partial charge in [-0.05, 0) is 17.0 Å². The molecule has 16 heavy (non-hydrogen) atoms. The number of carbonyl (C=O) groups is 1. The van der Waals surface area contributed by atoms with E-state index in [2.05, 4.69) is 21.2 Å².